The first kappa shape index (κ1) is 20.3. The number of amides is 1. The summed E-state index contributed by atoms with van der Waals surface area (Å²) >= 11 is 5.95. The number of rotatable bonds is 9. The normalized spacial score (nSPS) is 10.0. The first-order valence-corrected chi connectivity index (χ1v) is 8.34. The lowest BCUT2D eigenvalue weighted by Crippen LogP contribution is -2.34. The zero-order valence-corrected chi connectivity index (χ0v) is 15.3. The molecule has 0 bridgehead atoms. The van der Waals surface area contributed by atoms with Crippen molar-refractivity contribution in [1.82, 2.24) is 5.32 Å². The highest BCUT2D eigenvalue weighted by molar-refractivity contribution is 6.32. The number of ether oxygens (including phenoxy) is 3. The van der Waals surface area contributed by atoms with Crippen LogP contribution in [0.1, 0.15) is 10.4 Å². The lowest BCUT2D eigenvalue weighted by Gasteiger charge is -2.08. The molecule has 0 spiro atoms. The summed E-state index contributed by atoms with van der Waals surface area (Å²) in [6.07, 6.45) is 0. The van der Waals surface area contributed by atoms with Crippen molar-refractivity contribution >= 4 is 29.3 Å². The highest BCUT2D eigenvalue weighted by Crippen LogP contribution is 2.25. The zero-order chi connectivity index (χ0) is 19.6. The van der Waals surface area contributed by atoms with Gasteiger partial charge >= 0.3 is 5.97 Å². The van der Waals surface area contributed by atoms with Gasteiger partial charge in [0.25, 0.3) is 5.91 Å². The van der Waals surface area contributed by atoms with E-state index in [1.54, 1.807) is 30.3 Å². The average molecular weight is 392 g/mol. The first-order chi connectivity index (χ1) is 13.0. The summed E-state index contributed by atoms with van der Waals surface area (Å²) in [5, 5.41) is 2.63. The number of carbonyl (C=O) groups is 3. The number of nitrogens with one attached hydrogen (secondary N) is 1. The minimum atomic E-state index is -0.740. The molecule has 7 nitrogen and oxygen atoms in total. The SMILES string of the molecule is COc1ccc(C(=O)COC(=O)CNC(=O)COc2ccccc2)cc1Cl. The Hall–Kier alpha value is -3.06. The van der Waals surface area contributed by atoms with Gasteiger partial charge in [-0.2, -0.15) is 0 Å². The number of carbonyl (C=O) groups excluding carboxylic acids is 3. The van der Waals surface area contributed by atoms with Gasteiger partial charge in [-0.05, 0) is 30.3 Å². The third-order valence-corrected chi connectivity index (χ3v) is 3.68. The second-order valence-corrected chi connectivity index (χ2v) is 5.72. The summed E-state index contributed by atoms with van der Waals surface area (Å²) in [6.45, 7) is -1.06. The molecule has 0 aliphatic carbocycles. The largest absolute Gasteiger partial charge is 0.495 e. The maximum atomic E-state index is 12.0. The molecular formula is C19H18ClNO6. The minimum Gasteiger partial charge on any atom is -0.495 e. The molecule has 2 aromatic carbocycles. The number of para-hydroxylation sites is 1. The van der Waals surface area contributed by atoms with E-state index in [2.05, 4.69) is 5.32 Å². The van der Waals surface area contributed by atoms with Crippen LogP contribution in [-0.2, 0) is 14.3 Å². The Kier molecular flexibility index (Phi) is 7.63. The average Bonchev–Trinajstić information content (AvgIpc) is 2.69. The number of hydrogen-bond acceptors (Lipinski definition) is 6. The molecule has 1 amide bonds. The molecule has 0 fully saturated rings. The van der Waals surface area contributed by atoms with E-state index in [1.807, 2.05) is 6.07 Å². The Bertz CT molecular complexity index is 809. The van der Waals surface area contributed by atoms with Gasteiger partial charge in [-0.1, -0.05) is 29.8 Å². The van der Waals surface area contributed by atoms with Gasteiger partial charge in [0, 0.05) is 5.56 Å². The van der Waals surface area contributed by atoms with Crippen LogP contribution in [0.2, 0.25) is 5.02 Å². The molecule has 0 saturated heterocycles. The zero-order valence-electron chi connectivity index (χ0n) is 14.6. The molecule has 142 valence electrons. The van der Waals surface area contributed by atoms with Gasteiger partial charge in [0.05, 0.1) is 12.1 Å². The third-order valence-electron chi connectivity index (χ3n) is 3.38. The number of methoxy groups -OCH3 is 1. The Morgan fingerprint density at radius 3 is 2.44 bits per heavy atom. The van der Waals surface area contributed by atoms with Crippen molar-refractivity contribution in [2.45, 2.75) is 0 Å². The van der Waals surface area contributed by atoms with Crippen molar-refractivity contribution in [2.75, 3.05) is 26.9 Å². The molecule has 0 unspecified atom stereocenters. The van der Waals surface area contributed by atoms with E-state index in [0.29, 0.717) is 11.5 Å². The van der Waals surface area contributed by atoms with Crippen molar-refractivity contribution in [3.05, 3.63) is 59.1 Å². The lowest BCUT2D eigenvalue weighted by molar-refractivity contribution is -0.143. The molecule has 0 saturated carbocycles. The van der Waals surface area contributed by atoms with Crippen LogP contribution in [0.4, 0.5) is 0 Å². The van der Waals surface area contributed by atoms with E-state index in [9.17, 15) is 14.4 Å². The van der Waals surface area contributed by atoms with E-state index in [0.717, 1.165) is 0 Å². The Labute approximate surface area is 161 Å². The van der Waals surface area contributed by atoms with Crippen molar-refractivity contribution in [3.8, 4) is 11.5 Å². The molecule has 2 aromatic rings. The van der Waals surface area contributed by atoms with Gasteiger partial charge in [0.15, 0.2) is 19.0 Å². The molecule has 0 aromatic heterocycles. The van der Waals surface area contributed by atoms with E-state index in [-0.39, 0.29) is 23.7 Å². The number of hydrogen-bond donors (Lipinski definition) is 1. The molecule has 0 aliphatic heterocycles. The van der Waals surface area contributed by atoms with E-state index in [1.165, 1.54) is 19.2 Å². The standard InChI is InChI=1S/C19H18ClNO6/c1-25-17-8-7-13(9-15(17)20)16(22)11-27-19(24)10-21-18(23)12-26-14-5-3-2-4-6-14/h2-9H,10-12H2,1H3,(H,21,23). The topological polar surface area (TPSA) is 90.9 Å². The highest BCUT2D eigenvalue weighted by Gasteiger charge is 2.13. The molecule has 2 rings (SSSR count). The number of ketones is 1. The first-order valence-electron chi connectivity index (χ1n) is 7.96. The van der Waals surface area contributed by atoms with Crippen molar-refractivity contribution in [1.29, 1.82) is 0 Å². The monoisotopic (exact) mass is 391 g/mol. The molecule has 8 heteroatoms. The Morgan fingerprint density at radius 1 is 1.04 bits per heavy atom. The summed E-state index contributed by atoms with van der Waals surface area (Å²) in [4.78, 5) is 35.3. The molecule has 1 N–H and O–H groups in total. The summed E-state index contributed by atoms with van der Waals surface area (Å²) in [7, 11) is 1.46. The molecule has 0 aliphatic rings. The predicted octanol–water partition coefficient (Wildman–Crippen LogP) is 2.27. The fraction of sp³-hybridized carbons (Fsp3) is 0.211. The van der Waals surface area contributed by atoms with Gasteiger partial charge in [0.1, 0.15) is 18.0 Å². The fourth-order valence-electron chi connectivity index (χ4n) is 2.01. The van der Waals surface area contributed by atoms with E-state index in [4.69, 9.17) is 25.8 Å². The second kappa shape index (κ2) is 10.2. The summed E-state index contributed by atoms with van der Waals surface area (Å²) in [6, 6.07) is 13.3. The highest BCUT2D eigenvalue weighted by atomic mass is 35.5. The van der Waals surface area contributed by atoms with Crippen LogP contribution < -0.4 is 14.8 Å². The van der Waals surface area contributed by atoms with E-state index >= 15 is 0 Å². The van der Waals surface area contributed by atoms with Gasteiger partial charge in [-0.15, -0.1) is 0 Å². The van der Waals surface area contributed by atoms with Gasteiger partial charge in [0.2, 0.25) is 0 Å². The second-order valence-electron chi connectivity index (χ2n) is 5.31. The lowest BCUT2D eigenvalue weighted by atomic mass is 10.1. The quantitative estimate of drug-likeness (QED) is 0.521. The van der Waals surface area contributed by atoms with Crippen LogP contribution in [0.3, 0.4) is 0 Å². The van der Waals surface area contributed by atoms with Crippen LogP contribution in [0, 0.1) is 0 Å². The van der Waals surface area contributed by atoms with Crippen LogP contribution in [0.15, 0.2) is 48.5 Å². The molecule has 0 heterocycles. The molecule has 0 radical (unpaired) electrons. The fourth-order valence-corrected chi connectivity index (χ4v) is 2.27. The van der Waals surface area contributed by atoms with Crippen molar-refractivity contribution in [2.24, 2.45) is 0 Å². The Balaban J connectivity index is 1.70. The summed E-state index contributed by atoms with van der Waals surface area (Å²) in [5.41, 5.74) is 0.286. The maximum Gasteiger partial charge on any atom is 0.325 e. The number of esters is 1. The molecule has 0 atom stereocenters. The third kappa shape index (κ3) is 6.63. The van der Waals surface area contributed by atoms with Crippen LogP contribution >= 0.6 is 11.6 Å². The van der Waals surface area contributed by atoms with E-state index < -0.39 is 24.3 Å². The summed E-state index contributed by atoms with van der Waals surface area (Å²) < 4.78 is 15.1. The van der Waals surface area contributed by atoms with Gasteiger partial charge in [-0.3, -0.25) is 14.4 Å². The predicted molar refractivity (Wildman–Crippen MR) is 98.2 cm³/mol. The summed E-state index contributed by atoms with van der Waals surface area (Å²) in [5.74, 6) is -0.670. The maximum absolute atomic E-state index is 12.0. The molecular weight excluding hydrogens is 374 g/mol. The molecule has 27 heavy (non-hydrogen) atoms. The number of halogens is 1. The van der Waals surface area contributed by atoms with Crippen LogP contribution in [0.25, 0.3) is 0 Å². The van der Waals surface area contributed by atoms with Crippen molar-refractivity contribution in [3.63, 3.8) is 0 Å². The van der Waals surface area contributed by atoms with Gasteiger partial charge in [-0.25, -0.2) is 0 Å². The van der Waals surface area contributed by atoms with Crippen LogP contribution in [0.5, 0.6) is 11.5 Å². The minimum absolute atomic E-state index is 0.236. The number of Topliss-reactive ketones (excluding diaryl/α,β-unsaturated/α-hetero) is 1. The smallest absolute Gasteiger partial charge is 0.325 e. The Morgan fingerprint density at radius 2 is 1.78 bits per heavy atom. The number of benzene rings is 2. The van der Waals surface area contributed by atoms with Gasteiger partial charge < -0.3 is 19.5 Å². The van der Waals surface area contributed by atoms with Crippen molar-refractivity contribution < 1.29 is 28.6 Å². The van der Waals surface area contributed by atoms with Crippen LogP contribution in [-0.4, -0.2) is 44.5 Å².